The summed E-state index contributed by atoms with van der Waals surface area (Å²) in [6.07, 6.45) is 3.37. The Morgan fingerprint density at radius 2 is 2.16 bits per heavy atom. The molecular weight excluding hydrogens is 242 g/mol. The third-order valence-electron chi connectivity index (χ3n) is 4.46. The van der Waals surface area contributed by atoms with Gasteiger partial charge in [-0.3, -0.25) is 9.69 Å². The van der Waals surface area contributed by atoms with Gasteiger partial charge in [0.05, 0.1) is 12.1 Å². The molecule has 1 aliphatic carbocycles. The van der Waals surface area contributed by atoms with Crippen LogP contribution in [-0.2, 0) is 9.53 Å². The van der Waals surface area contributed by atoms with Gasteiger partial charge >= 0.3 is 0 Å². The molecule has 1 aliphatic rings. The van der Waals surface area contributed by atoms with E-state index in [2.05, 4.69) is 17.1 Å². The molecule has 0 spiro atoms. The van der Waals surface area contributed by atoms with Crippen molar-refractivity contribution in [2.75, 3.05) is 33.9 Å². The molecule has 0 aliphatic heterocycles. The van der Waals surface area contributed by atoms with Gasteiger partial charge in [-0.25, -0.2) is 0 Å². The van der Waals surface area contributed by atoms with Crippen LogP contribution < -0.4 is 11.1 Å². The summed E-state index contributed by atoms with van der Waals surface area (Å²) in [6.45, 7) is 6.64. The molecule has 0 radical (unpaired) electrons. The first-order valence-corrected chi connectivity index (χ1v) is 7.16. The highest BCUT2D eigenvalue weighted by Gasteiger charge is 2.34. The van der Waals surface area contributed by atoms with Crippen LogP contribution in [0.4, 0.5) is 0 Å². The second-order valence-electron chi connectivity index (χ2n) is 5.80. The fourth-order valence-electron chi connectivity index (χ4n) is 2.34. The lowest BCUT2D eigenvalue weighted by atomic mass is 9.96. The molecule has 3 N–H and O–H groups in total. The number of rotatable bonds is 10. The molecule has 112 valence electrons. The van der Waals surface area contributed by atoms with E-state index in [1.165, 1.54) is 12.8 Å². The quantitative estimate of drug-likeness (QED) is 0.610. The number of methoxy groups -OCH3 is 1. The number of hydrogen-bond donors (Lipinski definition) is 2. The van der Waals surface area contributed by atoms with Gasteiger partial charge in [0.25, 0.3) is 0 Å². The van der Waals surface area contributed by atoms with E-state index in [9.17, 15) is 4.79 Å². The number of amides is 1. The first kappa shape index (κ1) is 16.4. The SMILES string of the molecule is CNC(C)(CCN(CCOC)C(C)C1CC1)C(N)=O. The van der Waals surface area contributed by atoms with Crippen molar-refractivity contribution in [3.05, 3.63) is 0 Å². The normalized spacial score (nSPS) is 20.3. The van der Waals surface area contributed by atoms with E-state index in [0.29, 0.717) is 6.04 Å². The third-order valence-corrected chi connectivity index (χ3v) is 4.46. The summed E-state index contributed by atoms with van der Waals surface area (Å²) in [7, 11) is 3.51. The number of carbonyl (C=O) groups is 1. The number of nitrogens with one attached hydrogen (secondary N) is 1. The number of hydrogen-bond acceptors (Lipinski definition) is 4. The molecule has 1 rings (SSSR count). The molecule has 19 heavy (non-hydrogen) atoms. The fraction of sp³-hybridized carbons (Fsp3) is 0.929. The van der Waals surface area contributed by atoms with E-state index < -0.39 is 5.54 Å². The zero-order valence-electron chi connectivity index (χ0n) is 12.7. The largest absolute Gasteiger partial charge is 0.383 e. The predicted molar refractivity (Wildman–Crippen MR) is 76.9 cm³/mol. The van der Waals surface area contributed by atoms with Crippen molar-refractivity contribution in [1.82, 2.24) is 10.2 Å². The average Bonchev–Trinajstić information content (AvgIpc) is 3.21. The van der Waals surface area contributed by atoms with Crippen molar-refractivity contribution in [1.29, 1.82) is 0 Å². The van der Waals surface area contributed by atoms with Gasteiger partial charge in [-0.1, -0.05) is 0 Å². The Morgan fingerprint density at radius 1 is 1.53 bits per heavy atom. The van der Waals surface area contributed by atoms with Gasteiger partial charge in [-0.2, -0.15) is 0 Å². The first-order valence-electron chi connectivity index (χ1n) is 7.16. The highest BCUT2D eigenvalue weighted by molar-refractivity contribution is 5.84. The van der Waals surface area contributed by atoms with E-state index in [1.807, 2.05) is 6.92 Å². The number of likely N-dealkylation sites (N-methyl/N-ethyl adjacent to an activating group) is 1. The summed E-state index contributed by atoms with van der Waals surface area (Å²) in [5.41, 5.74) is 4.84. The smallest absolute Gasteiger partial charge is 0.237 e. The fourth-order valence-corrected chi connectivity index (χ4v) is 2.34. The summed E-state index contributed by atoms with van der Waals surface area (Å²) in [6, 6.07) is 0.559. The van der Waals surface area contributed by atoms with E-state index in [-0.39, 0.29) is 5.91 Å². The van der Waals surface area contributed by atoms with Crippen molar-refractivity contribution in [2.24, 2.45) is 11.7 Å². The minimum atomic E-state index is -0.630. The third kappa shape index (κ3) is 4.75. The maximum Gasteiger partial charge on any atom is 0.237 e. The molecule has 5 nitrogen and oxygen atoms in total. The van der Waals surface area contributed by atoms with Crippen LogP contribution in [0.5, 0.6) is 0 Å². The molecule has 0 aromatic rings. The van der Waals surface area contributed by atoms with Crippen molar-refractivity contribution >= 4 is 5.91 Å². The topological polar surface area (TPSA) is 67.6 Å². The van der Waals surface area contributed by atoms with Crippen molar-refractivity contribution in [3.63, 3.8) is 0 Å². The van der Waals surface area contributed by atoms with Crippen LogP contribution in [0.3, 0.4) is 0 Å². The van der Waals surface area contributed by atoms with Gasteiger partial charge in [0.15, 0.2) is 0 Å². The Labute approximate surface area is 116 Å². The van der Waals surface area contributed by atoms with Crippen LogP contribution in [0, 0.1) is 5.92 Å². The maximum atomic E-state index is 11.5. The lowest BCUT2D eigenvalue weighted by molar-refractivity contribution is -0.124. The van der Waals surface area contributed by atoms with E-state index in [0.717, 1.165) is 32.0 Å². The lowest BCUT2D eigenvalue weighted by Gasteiger charge is -2.33. The van der Waals surface area contributed by atoms with Crippen LogP contribution in [0.25, 0.3) is 0 Å². The number of nitrogens with zero attached hydrogens (tertiary/aromatic N) is 1. The minimum absolute atomic E-state index is 0.291. The Bertz CT molecular complexity index is 294. The number of carbonyl (C=O) groups excluding carboxylic acids is 1. The van der Waals surface area contributed by atoms with Crippen molar-refractivity contribution in [2.45, 2.75) is 44.7 Å². The molecule has 0 aromatic carbocycles. The number of primary amides is 1. The van der Waals surface area contributed by atoms with Crippen LogP contribution >= 0.6 is 0 Å². The average molecular weight is 271 g/mol. The molecule has 1 fully saturated rings. The lowest BCUT2D eigenvalue weighted by Crippen LogP contribution is -2.53. The number of nitrogens with two attached hydrogens (primary N) is 1. The highest BCUT2D eigenvalue weighted by atomic mass is 16.5. The molecule has 2 unspecified atom stereocenters. The van der Waals surface area contributed by atoms with Gasteiger partial charge in [0.1, 0.15) is 0 Å². The molecule has 0 bridgehead atoms. The second-order valence-corrected chi connectivity index (χ2v) is 5.80. The summed E-state index contributed by atoms with van der Waals surface area (Å²) in [5.74, 6) is 0.520. The molecule has 0 heterocycles. The van der Waals surface area contributed by atoms with Crippen molar-refractivity contribution in [3.8, 4) is 0 Å². The first-order chi connectivity index (χ1) is 8.94. The summed E-state index contributed by atoms with van der Waals surface area (Å²) in [5, 5.41) is 3.04. The molecule has 1 saturated carbocycles. The predicted octanol–water partition coefficient (Wildman–Crippen LogP) is 0.587. The second kappa shape index (κ2) is 7.22. The van der Waals surface area contributed by atoms with Crippen LogP contribution in [-0.4, -0.2) is 56.2 Å². The van der Waals surface area contributed by atoms with E-state index in [1.54, 1.807) is 14.2 Å². The summed E-state index contributed by atoms with van der Waals surface area (Å²) < 4.78 is 5.18. The minimum Gasteiger partial charge on any atom is -0.383 e. The van der Waals surface area contributed by atoms with Gasteiger partial charge in [-0.05, 0) is 46.1 Å². The molecule has 0 saturated heterocycles. The Morgan fingerprint density at radius 3 is 2.58 bits per heavy atom. The van der Waals surface area contributed by atoms with Crippen LogP contribution in [0.2, 0.25) is 0 Å². The summed E-state index contributed by atoms with van der Waals surface area (Å²) >= 11 is 0. The maximum absolute atomic E-state index is 11.5. The Balaban J connectivity index is 2.53. The van der Waals surface area contributed by atoms with Crippen molar-refractivity contribution < 1.29 is 9.53 Å². The Kier molecular flexibility index (Phi) is 6.23. The number of ether oxygens (including phenoxy) is 1. The zero-order chi connectivity index (χ0) is 14.5. The summed E-state index contributed by atoms with van der Waals surface area (Å²) in [4.78, 5) is 13.9. The van der Waals surface area contributed by atoms with E-state index >= 15 is 0 Å². The zero-order valence-corrected chi connectivity index (χ0v) is 12.7. The van der Waals surface area contributed by atoms with E-state index in [4.69, 9.17) is 10.5 Å². The van der Waals surface area contributed by atoms with Crippen LogP contribution in [0.1, 0.15) is 33.1 Å². The van der Waals surface area contributed by atoms with Gasteiger partial charge in [-0.15, -0.1) is 0 Å². The molecule has 0 aromatic heterocycles. The molecule has 1 amide bonds. The van der Waals surface area contributed by atoms with Gasteiger partial charge < -0.3 is 15.8 Å². The monoisotopic (exact) mass is 271 g/mol. The molecular formula is C14H29N3O2. The highest BCUT2D eigenvalue weighted by Crippen LogP contribution is 2.35. The van der Waals surface area contributed by atoms with Gasteiger partial charge in [0.2, 0.25) is 5.91 Å². The van der Waals surface area contributed by atoms with Crippen LogP contribution in [0.15, 0.2) is 0 Å². The Hall–Kier alpha value is -0.650. The van der Waals surface area contributed by atoms with Gasteiger partial charge in [0, 0.05) is 26.2 Å². The molecule has 2 atom stereocenters. The molecule has 5 heteroatoms. The standard InChI is InChI=1S/C14H29N3O2/c1-11(12-5-6-12)17(9-10-19-4)8-7-14(2,16-3)13(15)18/h11-12,16H,5-10H2,1-4H3,(H2,15,18).